The van der Waals surface area contributed by atoms with Crippen LogP contribution in [0.2, 0.25) is 0 Å². The van der Waals surface area contributed by atoms with Crippen LogP contribution in [0.4, 0.5) is 10.1 Å². The lowest BCUT2D eigenvalue weighted by atomic mass is 10.1. The third kappa shape index (κ3) is 3.81. The van der Waals surface area contributed by atoms with E-state index in [9.17, 15) is 9.18 Å². The number of halogens is 2. The molecule has 2 N–H and O–H groups in total. The molecule has 0 aliphatic rings. The van der Waals surface area contributed by atoms with Crippen molar-refractivity contribution in [2.24, 2.45) is 0 Å². The standard InChI is InChI=1S/C15H13BrFNO2/c16-11-4-5-13(15(19)20)14(9-11)18-7-6-10-2-1-3-12(17)8-10/h1-5,8-9,18H,6-7H2,(H,19,20). The molecule has 0 radical (unpaired) electrons. The maximum absolute atomic E-state index is 13.0. The quantitative estimate of drug-likeness (QED) is 0.868. The van der Waals surface area contributed by atoms with Crippen LogP contribution in [0.5, 0.6) is 0 Å². The van der Waals surface area contributed by atoms with Crippen molar-refractivity contribution >= 4 is 27.6 Å². The number of benzene rings is 2. The Morgan fingerprint density at radius 2 is 2.05 bits per heavy atom. The van der Waals surface area contributed by atoms with E-state index in [2.05, 4.69) is 21.2 Å². The zero-order valence-corrected chi connectivity index (χ0v) is 12.2. The fourth-order valence-electron chi connectivity index (χ4n) is 1.88. The number of hydrogen-bond donors (Lipinski definition) is 2. The van der Waals surface area contributed by atoms with Crippen molar-refractivity contribution in [1.82, 2.24) is 0 Å². The van der Waals surface area contributed by atoms with E-state index < -0.39 is 5.97 Å². The van der Waals surface area contributed by atoms with Crippen LogP contribution in [0, 0.1) is 5.82 Å². The molecule has 2 aromatic rings. The second-order valence-corrected chi connectivity index (χ2v) is 5.22. The first-order valence-electron chi connectivity index (χ1n) is 6.07. The fraction of sp³-hybridized carbons (Fsp3) is 0.133. The molecule has 0 amide bonds. The van der Waals surface area contributed by atoms with E-state index >= 15 is 0 Å². The molecule has 0 atom stereocenters. The molecule has 0 unspecified atom stereocenters. The van der Waals surface area contributed by atoms with E-state index in [1.165, 1.54) is 18.2 Å². The number of anilines is 1. The van der Waals surface area contributed by atoms with Gasteiger partial charge in [0, 0.05) is 16.7 Å². The van der Waals surface area contributed by atoms with Gasteiger partial charge in [0.25, 0.3) is 0 Å². The minimum Gasteiger partial charge on any atom is -0.478 e. The Kier molecular flexibility index (Phi) is 4.74. The summed E-state index contributed by atoms with van der Waals surface area (Å²) in [5.41, 5.74) is 1.63. The summed E-state index contributed by atoms with van der Waals surface area (Å²) in [7, 11) is 0. The Hall–Kier alpha value is -1.88. The molecule has 0 aliphatic heterocycles. The van der Waals surface area contributed by atoms with Gasteiger partial charge in [-0.1, -0.05) is 28.1 Å². The lowest BCUT2D eigenvalue weighted by molar-refractivity contribution is 0.0698. The number of nitrogens with one attached hydrogen (secondary N) is 1. The molecule has 0 aromatic heterocycles. The van der Waals surface area contributed by atoms with E-state index in [4.69, 9.17) is 5.11 Å². The minimum atomic E-state index is -0.981. The lowest BCUT2D eigenvalue weighted by Crippen LogP contribution is -2.09. The smallest absolute Gasteiger partial charge is 0.337 e. The Balaban J connectivity index is 2.04. The van der Waals surface area contributed by atoms with Gasteiger partial charge in [-0.25, -0.2) is 9.18 Å². The zero-order valence-electron chi connectivity index (χ0n) is 10.6. The monoisotopic (exact) mass is 337 g/mol. The van der Waals surface area contributed by atoms with Crippen molar-refractivity contribution < 1.29 is 14.3 Å². The first-order valence-corrected chi connectivity index (χ1v) is 6.87. The molecule has 0 heterocycles. The highest BCUT2D eigenvalue weighted by molar-refractivity contribution is 9.10. The van der Waals surface area contributed by atoms with E-state index in [0.717, 1.165) is 10.0 Å². The second-order valence-electron chi connectivity index (χ2n) is 4.30. The topological polar surface area (TPSA) is 49.3 Å². The molecule has 0 spiro atoms. The van der Waals surface area contributed by atoms with Crippen LogP contribution < -0.4 is 5.32 Å². The summed E-state index contributed by atoms with van der Waals surface area (Å²) in [4.78, 5) is 11.1. The highest BCUT2D eigenvalue weighted by atomic mass is 79.9. The van der Waals surface area contributed by atoms with Crippen molar-refractivity contribution in [3.63, 3.8) is 0 Å². The van der Waals surface area contributed by atoms with Crippen molar-refractivity contribution in [3.8, 4) is 0 Å². The van der Waals surface area contributed by atoms with E-state index in [1.807, 2.05) is 6.07 Å². The predicted octanol–water partition coefficient (Wildman–Crippen LogP) is 3.94. The maximum Gasteiger partial charge on any atom is 0.337 e. The average molecular weight is 338 g/mol. The second kappa shape index (κ2) is 6.52. The minimum absolute atomic E-state index is 0.215. The third-order valence-corrected chi connectivity index (χ3v) is 3.32. The molecule has 0 saturated heterocycles. The van der Waals surface area contributed by atoms with Gasteiger partial charge in [0.2, 0.25) is 0 Å². The predicted molar refractivity (Wildman–Crippen MR) is 79.7 cm³/mol. The lowest BCUT2D eigenvalue weighted by Gasteiger charge is -2.10. The van der Waals surface area contributed by atoms with Gasteiger partial charge in [-0.15, -0.1) is 0 Å². The van der Waals surface area contributed by atoms with Gasteiger partial charge in [-0.3, -0.25) is 0 Å². The van der Waals surface area contributed by atoms with Gasteiger partial charge in [0.15, 0.2) is 0 Å². The Morgan fingerprint density at radius 3 is 2.75 bits per heavy atom. The summed E-state index contributed by atoms with van der Waals surface area (Å²) in [5, 5.41) is 12.2. The molecule has 3 nitrogen and oxygen atoms in total. The Bertz CT molecular complexity index is 631. The summed E-state index contributed by atoms with van der Waals surface area (Å²) in [5.74, 6) is -1.25. The number of rotatable bonds is 5. The van der Waals surface area contributed by atoms with Gasteiger partial charge < -0.3 is 10.4 Å². The average Bonchev–Trinajstić information content (AvgIpc) is 2.38. The molecule has 0 saturated carbocycles. The number of carboxylic acids is 1. The van der Waals surface area contributed by atoms with Crippen LogP contribution >= 0.6 is 15.9 Å². The molecular formula is C15H13BrFNO2. The van der Waals surface area contributed by atoms with Crippen molar-refractivity contribution in [2.75, 3.05) is 11.9 Å². The molecule has 2 aromatic carbocycles. The number of carboxylic acid groups (broad SMARTS) is 1. The van der Waals surface area contributed by atoms with Crippen molar-refractivity contribution in [1.29, 1.82) is 0 Å². The summed E-state index contributed by atoms with van der Waals surface area (Å²) in [6.07, 6.45) is 0.614. The van der Waals surface area contributed by atoms with Gasteiger partial charge >= 0.3 is 5.97 Å². The molecule has 0 aliphatic carbocycles. The normalized spacial score (nSPS) is 10.3. The zero-order chi connectivity index (χ0) is 14.5. The molecule has 20 heavy (non-hydrogen) atoms. The fourth-order valence-corrected chi connectivity index (χ4v) is 2.24. The Morgan fingerprint density at radius 1 is 1.25 bits per heavy atom. The van der Waals surface area contributed by atoms with Crippen LogP contribution in [0.3, 0.4) is 0 Å². The highest BCUT2D eigenvalue weighted by Gasteiger charge is 2.09. The van der Waals surface area contributed by atoms with E-state index in [0.29, 0.717) is 18.7 Å². The number of aromatic carboxylic acids is 1. The van der Waals surface area contributed by atoms with Crippen molar-refractivity contribution in [2.45, 2.75) is 6.42 Å². The van der Waals surface area contributed by atoms with E-state index in [-0.39, 0.29) is 11.4 Å². The van der Waals surface area contributed by atoms with Crippen LogP contribution in [0.25, 0.3) is 0 Å². The molecule has 2 rings (SSSR count). The molecule has 0 fully saturated rings. The Labute approximate surface area is 124 Å². The summed E-state index contributed by atoms with van der Waals surface area (Å²) in [6.45, 7) is 0.528. The first kappa shape index (κ1) is 14.5. The van der Waals surface area contributed by atoms with Gasteiger partial charge in [-0.05, 0) is 42.3 Å². The van der Waals surface area contributed by atoms with Crippen LogP contribution in [0.15, 0.2) is 46.9 Å². The third-order valence-electron chi connectivity index (χ3n) is 2.83. The molecule has 0 bridgehead atoms. The number of hydrogen-bond acceptors (Lipinski definition) is 2. The molecule has 104 valence electrons. The largest absolute Gasteiger partial charge is 0.478 e. The van der Waals surface area contributed by atoms with E-state index in [1.54, 1.807) is 18.2 Å². The van der Waals surface area contributed by atoms with Gasteiger partial charge in [0.05, 0.1) is 5.56 Å². The first-order chi connectivity index (χ1) is 9.56. The molecular weight excluding hydrogens is 325 g/mol. The highest BCUT2D eigenvalue weighted by Crippen LogP contribution is 2.21. The molecule has 5 heteroatoms. The summed E-state index contributed by atoms with van der Waals surface area (Å²) < 4.78 is 13.8. The van der Waals surface area contributed by atoms with Gasteiger partial charge in [-0.2, -0.15) is 0 Å². The number of carbonyl (C=O) groups is 1. The van der Waals surface area contributed by atoms with Crippen LogP contribution in [-0.4, -0.2) is 17.6 Å². The SMILES string of the molecule is O=C(O)c1ccc(Br)cc1NCCc1cccc(F)c1. The maximum atomic E-state index is 13.0. The van der Waals surface area contributed by atoms with Crippen LogP contribution in [0.1, 0.15) is 15.9 Å². The van der Waals surface area contributed by atoms with Crippen molar-refractivity contribution in [3.05, 3.63) is 63.9 Å². The van der Waals surface area contributed by atoms with Gasteiger partial charge in [0.1, 0.15) is 5.82 Å². The summed E-state index contributed by atoms with van der Waals surface area (Å²) in [6, 6.07) is 11.3. The van der Waals surface area contributed by atoms with Crippen LogP contribution in [-0.2, 0) is 6.42 Å². The summed E-state index contributed by atoms with van der Waals surface area (Å²) >= 11 is 3.31.